The lowest BCUT2D eigenvalue weighted by Crippen LogP contribution is -2.14. The highest BCUT2D eigenvalue weighted by Gasteiger charge is 2.20. The van der Waals surface area contributed by atoms with E-state index in [0.29, 0.717) is 0 Å². The van der Waals surface area contributed by atoms with Crippen molar-refractivity contribution in [2.75, 3.05) is 0 Å². The molecular weight excluding hydrogens is 276 g/mol. The van der Waals surface area contributed by atoms with Gasteiger partial charge in [0, 0.05) is 0 Å². The number of hydrogen-bond donors (Lipinski definition) is 0. The summed E-state index contributed by atoms with van der Waals surface area (Å²) >= 11 is 0. The minimum absolute atomic E-state index is 0.873. The van der Waals surface area contributed by atoms with Crippen molar-refractivity contribution in [3.63, 3.8) is 0 Å². The van der Waals surface area contributed by atoms with Crippen molar-refractivity contribution in [2.45, 2.75) is 97.3 Å². The fourth-order valence-corrected chi connectivity index (χ4v) is 4.70. The first kappa shape index (κ1) is 18.8. The van der Waals surface area contributed by atoms with E-state index < -0.39 is 0 Å². The third-order valence-corrected chi connectivity index (χ3v) is 6.27. The Hall–Kier alpha value is -0.520. The lowest BCUT2D eigenvalue weighted by atomic mass is 9.78. The third kappa shape index (κ3) is 7.27. The van der Waals surface area contributed by atoms with Crippen LogP contribution in [0, 0.1) is 23.7 Å². The van der Waals surface area contributed by atoms with E-state index in [2.05, 4.69) is 38.2 Å². The minimum atomic E-state index is 0.873. The molecule has 0 aromatic carbocycles. The van der Waals surface area contributed by atoms with Gasteiger partial charge in [0.2, 0.25) is 0 Å². The van der Waals surface area contributed by atoms with Gasteiger partial charge in [-0.2, -0.15) is 0 Å². The summed E-state index contributed by atoms with van der Waals surface area (Å²) in [5.41, 5.74) is 0. The smallest absolute Gasteiger partial charge is 0.0233 e. The maximum atomic E-state index is 2.56. The molecule has 0 heteroatoms. The molecule has 132 valence electrons. The lowest BCUT2D eigenvalue weighted by molar-refractivity contribution is 0.253. The predicted molar refractivity (Wildman–Crippen MR) is 104 cm³/mol. The molecule has 0 unspecified atom stereocenters. The molecule has 0 radical (unpaired) electrons. The molecule has 0 amide bonds. The first-order valence-corrected chi connectivity index (χ1v) is 10.6. The van der Waals surface area contributed by atoms with Crippen LogP contribution in [-0.4, -0.2) is 0 Å². The van der Waals surface area contributed by atoms with Gasteiger partial charge in [-0.1, -0.05) is 76.7 Å². The molecular formula is C23H40. The van der Waals surface area contributed by atoms with Crippen LogP contribution in [-0.2, 0) is 0 Å². The van der Waals surface area contributed by atoms with Crippen LogP contribution in [0.15, 0.2) is 24.3 Å². The molecule has 2 aliphatic rings. The molecule has 0 N–H and O–H groups in total. The van der Waals surface area contributed by atoms with Crippen molar-refractivity contribution in [2.24, 2.45) is 23.7 Å². The number of hydrogen-bond acceptors (Lipinski definition) is 0. The minimum Gasteiger partial charge on any atom is -0.0885 e. The van der Waals surface area contributed by atoms with Crippen LogP contribution in [0.25, 0.3) is 0 Å². The van der Waals surface area contributed by atoms with E-state index in [1.54, 1.807) is 0 Å². The molecule has 2 aliphatic carbocycles. The highest BCUT2D eigenvalue weighted by atomic mass is 14.3. The quantitative estimate of drug-likeness (QED) is 0.402. The average molecular weight is 317 g/mol. The summed E-state index contributed by atoms with van der Waals surface area (Å²) in [5.74, 6) is 3.84. The zero-order valence-corrected chi connectivity index (χ0v) is 15.8. The zero-order valence-electron chi connectivity index (χ0n) is 15.8. The Labute approximate surface area is 145 Å². The fourth-order valence-electron chi connectivity index (χ4n) is 4.70. The van der Waals surface area contributed by atoms with E-state index in [9.17, 15) is 0 Å². The third-order valence-electron chi connectivity index (χ3n) is 6.27. The fraction of sp³-hybridized carbons (Fsp3) is 0.826. The van der Waals surface area contributed by atoms with Crippen molar-refractivity contribution in [1.29, 1.82) is 0 Å². The Morgan fingerprint density at radius 1 is 0.652 bits per heavy atom. The van der Waals surface area contributed by atoms with Gasteiger partial charge in [0.05, 0.1) is 0 Å². The van der Waals surface area contributed by atoms with Crippen LogP contribution in [0.4, 0.5) is 0 Å². The summed E-state index contributed by atoms with van der Waals surface area (Å²) in [5, 5.41) is 0. The zero-order chi connectivity index (χ0) is 16.3. The predicted octanol–water partition coefficient (Wildman–Crippen LogP) is 7.70. The SMILES string of the molecule is CC/C=C/C1CCC(/C=C/CCC2CCC(CCC)CC2)CC1. The maximum Gasteiger partial charge on any atom is -0.0233 e. The van der Waals surface area contributed by atoms with Gasteiger partial charge in [-0.25, -0.2) is 0 Å². The number of allylic oxidation sites excluding steroid dienone is 4. The topological polar surface area (TPSA) is 0 Å². The molecule has 0 heterocycles. The van der Waals surface area contributed by atoms with Crippen molar-refractivity contribution in [1.82, 2.24) is 0 Å². The van der Waals surface area contributed by atoms with Gasteiger partial charge in [-0.15, -0.1) is 0 Å². The van der Waals surface area contributed by atoms with E-state index in [0.717, 1.165) is 23.7 Å². The molecule has 0 aromatic rings. The second-order valence-electron chi connectivity index (χ2n) is 8.19. The average Bonchev–Trinajstić information content (AvgIpc) is 2.59. The van der Waals surface area contributed by atoms with Gasteiger partial charge in [0.15, 0.2) is 0 Å². The first-order chi connectivity index (χ1) is 11.3. The van der Waals surface area contributed by atoms with Crippen molar-refractivity contribution in [3.8, 4) is 0 Å². The van der Waals surface area contributed by atoms with Crippen LogP contribution in [0.1, 0.15) is 97.3 Å². The van der Waals surface area contributed by atoms with Gasteiger partial charge < -0.3 is 0 Å². The first-order valence-electron chi connectivity index (χ1n) is 10.6. The Morgan fingerprint density at radius 2 is 1.17 bits per heavy atom. The maximum absolute atomic E-state index is 2.56. The Balaban J connectivity index is 1.55. The summed E-state index contributed by atoms with van der Waals surface area (Å²) in [7, 11) is 0. The highest BCUT2D eigenvalue weighted by Crippen LogP contribution is 2.34. The summed E-state index contributed by atoms with van der Waals surface area (Å²) < 4.78 is 0. The van der Waals surface area contributed by atoms with E-state index in [1.807, 2.05) is 0 Å². The number of rotatable bonds is 8. The molecule has 2 fully saturated rings. The van der Waals surface area contributed by atoms with Crippen LogP contribution in [0.5, 0.6) is 0 Å². The molecule has 2 rings (SSSR count). The largest absolute Gasteiger partial charge is 0.0885 e. The van der Waals surface area contributed by atoms with Gasteiger partial charge in [0.25, 0.3) is 0 Å². The Morgan fingerprint density at radius 3 is 1.70 bits per heavy atom. The summed E-state index contributed by atoms with van der Waals surface area (Å²) in [6.45, 7) is 4.57. The molecule has 2 saturated carbocycles. The van der Waals surface area contributed by atoms with Crippen LogP contribution in [0.2, 0.25) is 0 Å². The second kappa shape index (κ2) is 11.1. The lowest BCUT2D eigenvalue weighted by Gasteiger charge is -2.28. The van der Waals surface area contributed by atoms with Crippen LogP contribution >= 0.6 is 0 Å². The van der Waals surface area contributed by atoms with Crippen LogP contribution < -0.4 is 0 Å². The molecule has 0 aliphatic heterocycles. The molecule has 23 heavy (non-hydrogen) atoms. The molecule has 0 aromatic heterocycles. The Bertz CT molecular complexity index is 335. The monoisotopic (exact) mass is 316 g/mol. The Kier molecular flexibility index (Phi) is 9.09. The van der Waals surface area contributed by atoms with Crippen molar-refractivity contribution in [3.05, 3.63) is 24.3 Å². The van der Waals surface area contributed by atoms with Gasteiger partial charge in [-0.05, 0) is 68.6 Å². The van der Waals surface area contributed by atoms with Crippen molar-refractivity contribution < 1.29 is 0 Å². The standard InChI is InChI=1S/C23H40/c1-3-5-9-21-16-18-23(19-17-21)11-7-6-10-22-14-12-20(8-4-2)13-15-22/h5,7,9,11,20-23H,3-4,6,8,10,12-19H2,1-2H3/b9-5+,11-7+. The van der Waals surface area contributed by atoms with Gasteiger partial charge >= 0.3 is 0 Å². The summed E-state index contributed by atoms with van der Waals surface area (Å²) in [6, 6.07) is 0. The molecule has 0 saturated heterocycles. The van der Waals surface area contributed by atoms with E-state index in [4.69, 9.17) is 0 Å². The molecule has 0 spiro atoms. The van der Waals surface area contributed by atoms with Gasteiger partial charge in [0.1, 0.15) is 0 Å². The van der Waals surface area contributed by atoms with Crippen LogP contribution in [0.3, 0.4) is 0 Å². The summed E-state index contributed by atoms with van der Waals surface area (Å²) in [4.78, 5) is 0. The normalized spacial score (nSPS) is 32.8. The molecule has 0 atom stereocenters. The van der Waals surface area contributed by atoms with E-state index in [1.165, 1.54) is 83.5 Å². The van der Waals surface area contributed by atoms with E-state index in [-0.39, 0.29) is 0 Å². The summed E-state index contributed by atoms with van der Waals surface area (Å²) in [6.07, 6.45) is 28.4. The van der Waals surface area contributed by atoms with Gasteiger partial charge in [-0.3, -0.25) is 0 Å². The van der Waals surface area contributed by atoms with E-state index >= 15 is 0 Å². The second-order valence-corrected chi connectivity index (χ2v) is 8.19. The molecule has 0 nitrogen and oxygen atoms in total. The molecule has 0 bridgehead atoms. The van der Waals surface area contributed by atoms with Crippen molar-refractivity contribution >= 4 is 0 Å². The highest BCUT2D eigenvalue weighted by molar-refractivity contribution is 4.96.